The van der Waals surface area contributed by atoms with Crippen LogP contribution in [0.3, 0.4) is 0 Å². The molecule has 0 saturated carbocycles. The summed E-state index contributed by atoms with van der Waals surface area (Å²) in [6, 6.07) is 17.7. The number of pyridine rings is 1. The Labute approximate surface area is 158 Å². The maximum Gasteiger partial charge on any atom is 0.208 e. The molecule has 27 heavy (non-hydrogen) atoms. The lowest BCUT2D eigenvalue weighted by molar-refractivity contribution is 0.481. The van der Waals surface area contributed by atoms with E-state index in [1.807, 2.05) is 54.1 Å². The minimum Gasteiger partial charge on any atom is -0.457 e. The minimum absolute atomic E-state index is 0.379. The molecular weight excluding hydrogens is 337 g/mol. The normalized spacial score (nSPS) is 10.9. The molecule has 0 spiro atoms. The zero-order valence-electron chi connectivity index (χ0n) is 15.3. The van der Waals surface area contributed by atoms with Gasteiger partial charge in [-0.1, -0.05) is 17.6 Å². The number of imidazole rings is 1. The van der Waals surface area contributed by atoms with E-state index in [1.165, 1.54) is 5.46 Å². The number of aromatic nitrogens is 3. The summed E-state index contributed by atoms with van der Waals surface area (Å²) >= 11 is 0. The highest BCUT2D eigenvalue weighted by Gasteiger charge is 2.10. The third-order valence-corrected chi connectivity index (χ3v) is 4.39. The topological polar surface area (TPSA) is 78.0 Å². The zero-order valence-corrected chi connectivity index (χ0v) is 15.3. The summed E-state index contributed by atoms with van der Waals surface area (Å²) in [4.78, 5) is 8.89. The van der Waals surface area contributed by atoms with Gasteiger partial charge < -0.3 is 20.4 Å². The second-order valence-corrected chi connectivity index (χ2v) is 6.43. The minimum atomic E-state index is 0.379. The second-order valence-electron chi connectivity index (χ2n) is 6.43. The van der Waals surface area contributed by atoms with Crippen LogP contribution in [0.15, 0.2) is 60.8 Å². The fourth-order valence-electron chi connectivity index (χ4n) is 2.89. The average Bonchev–Trinajstić information content (AvgIpc) is 2.99. The van der Waals surface area contributed by atoms with E-state index in [0.29, 0.717) is 12.3 Å². The summed E-state index contributed by atoms with van der Waals surface area (Å²) in [5.74, 6) is 2.20. The molecule has 0 aliphatic carbocycles. The van der Waals surface area contributed by atoms with Crippen LogP contribution in [0, 0.1) is 0 Å². The standard InChI is InChI=1S/C20H20BN5O/c1-26-19-7-6-16(27-17-8-9-23-15(10-17)12-22)11-18(19)25-20(26)24-14-4-2-13(21)3-5-14/h2-11H,12,21-22H2,1H3,(H,24,25). The van der Waals surface area contributed by atoms with Crippen molar-refractivity contribution in [2.24, 2.45) is 12.8 Å². The molecule has 0 atom stereocenters. The Bertz CT molecular complexity index is 1090. The third-order valence-electron chi connectivity index (χ3n) is 4.39. The number of benzene rings is 2. The predicted molar refractivity (Wildman–Crippen MR) is 111 cm³/mol. The van der Waals surface area contributed by atoms with E-state index in [-0.39, 0.29) is 0 Å². The number of hydrogen-bond donors (Lipinski definition) is 2. The summed E-state index contributed by atoms with van der Waals surface area (Å²) in [5.41, 5.74) is 10.5. The Morgan fingerprint density at radius 1 is 1.07 bits per heavy atom. The number of aryl methyl sites for hydroxylation is 1. The van der Waals surface area contributed by atoms with Crippen LogP contribution in [-0.4, -0.2) is 22.4 Å². The number of nitrogens with two attached hydrogens (primary N) is 1. The predicted octanol–water partition coefficient (Wildman–Crippen LogP) is 2.22. The highest BCUT2D eigenvalue weighted by atomic mass is 16.5. The molecule has 134 valence electrons. The lowest BCUT2D eigenvalue weighted by Crippen LogP contribution is -2.03. The lowest BCUT2D eigenvalue weighted by Gasteiger charge is -2.07. The number of ether oxygens (including phenoxy) is 1. The molecule has 2 aromatic heterocycles. The maximum atomic E-state index is 5.94. The third kappa shape index (κ3) is 3.63. The average molecular weight is 357 g/mol. The van der Waals surface area contributed by atoms with Gasteiger partial charge in [-0.05, 0) is 30.3 Å². The molecule has 0 saturated heterocycles. The van der Waals surface area contributed by atoms with E-state index in [2.05, 4.69) is 30.3 Å². The van der Waals surface area contributed by atoms with E-state index in [0.717, 1.165) is 34.1 Å². The van der Waals surface area contributed by atoms with Gasteiger partial charge >= 0.3 is 0 Å². The number of rotatable bonds is 5. The van der Waals surface area contributed by atoms with Crippen LogP contribution >= 0.6 is 0 Å². The molecular formula is C20H20BN5O. The molecule has 4 rings (SSSR count). The fourth-order valence-corrected chi connectivity index (χ4v) is 2.89. The van der Waals surface area contributed by atoms with Gasteiger partial charge in [0.1, 0.15) is 19.3 Å². The molecule has 7 heteroatoms. The van der Waals surface area contributed by atoms with E-state index >= 15 is 0 Å². The van der Waals surface area contributed by atoms with Crippen molar-refractivity contribution in [2.45, 2.75) is 6.54 Å². The first-order valence-electron chi connectivity index (χ1n) is 8.75. The van der Waals surface area contributed by atoms with Crippen molar-refractivity contribution in [1.82, 2.24) is 14.5 Å². The molecule has 6 nitrogen and oxygen atoms in total. The first-order chi connectivity index (χ1) is 13.1. The van der Waals surface area contributed by atoms with E-state index in [9.17, 15) is 0 Å². The van der Waals surface area contributed by atoms with Crippen molar-refractivity contribution in [3.8, 4) is 11.5 Å². The summed E-state index contributed by atoms with van der Waals surface area (Å²) in [6.45, 7) is 0.379. The van der Waals surface area contributed by atoms with Crippen LogP contribution in [0.25, 0.3) is 11.0 Å². The van der Waals surface area contributed by atoms with Gasteiger partial charge in [-0.25, -0.2) is 4.98 Å². The van der Waals surface area contributed by atoms with Crippen molar-refractivity contribution in [3.63, 3.8) is 0 Å². The highest BCUT2D eigenvalue weighted by molar-refractivity contribution is 6.32. The van der Waals surface area contributed by atoms with E-state index < -0.39 is 0 Å². The Hall–Kier alpha value is -3.32. The van der Waals surface area contributed by atoms with Crippen molar-refractivity contribution in [2.75, 3.05) is 5.32 Å². The highest BCUT2D eigenvalue weighted by Crippen LogP contribution is 2.28. The van der Waals surface area contributed by atoms with Gasteiger partial charge in [-0.15, -0.1) is 0 Å². The Morgan fingerprint density at radius 2 is 1.85 bits per heavy atom. The Balaban J connectivity index is 1.61. The number of hydrogen-bond acceptors (Lipinski definition) is 5. The zero-order chi connectivity index (χ0) is 18.8. The smallest absolute Gasteiger partial charge is 0.208 e. The largest absolute Gasteiger partial charge is 0.457 e. The van der Waals surface area contributed by atoms with Crippen molar-refractivity contribution in [1.29, 1.82) is 0 Å². The molecule has 0 unspecified atom stereocenters. The van der Waals surface area contributed by atoms with Crippen LogP contribution in [0.1, 0.15) is 5.69 Å². The van der Waals surface area contributed by atoms with Gasteiger partial charge in [0.2, 0.25) is 5.95 Å². The van der Waals surface area contributed by atoms with Gasteiger partial charge in [0, 0.05) is 37.6 Å². The molecule has 2 aromatic carbocycles. The van der Waals surface area contributed by atoms with Crippen molar-refractivity contribution < 1.29 is 4.74 Å². The van der Waals surface area contributed by atoms with Gasteiger partial charge in [-0.2, -0.15) is 0 Å². The SMILES string of the molecule is Bc1ccc(Nc2nc3cc(Oc4ccnc(CN)c4)ccc3n2C)cc1. The Kier molecular flexibility index (Phi) is 4.52. The van der Waals surface area contributed by atoms with Crippen LogP contribution in [0.5, 0.6) is 11.5 Å². The summed E-state index contributed by atoms with van der Waals surface area (Å²) < 4.78 is 7.97. The summed E-state index contributed by atoms with van der Waals surface area (Å²) in [5, 5.41) is 3.36. The Morgan fingerprint density at radius 3 is 2.63 bits per heavy atom. The number of nitrogens with one attached hydrogen (secondary N) is 1. The molecule has 4 aromatic rings. The first kappa shape index (κ1) is 17.1. The number of anilines is 2. The number of fused-ring (bicyclic) bond motifs is 1. The molecule has 3 N–H and O–H groups in total. The fraction of sp³-hybridized carbons (Fsp3) is 0.100. The van der Waals surface area contributed by atoms with Crippen LogP contribution in [0.2, 0.25) is 0 Å². The maximum absolute atomic E-state index is 5.94. The van der Waals surface area contributed by atoms with Gasteiger partial charge in [-0.3, -0.25) is 4.98 Å². The summed E-state index contributed by atoms with van der Waals surface area (Å²) in [6.07, 6.45) is 1.69. The van der Waals surface area contributed by atoms with Gasteiger partial charge in [0.25, 0.3) is 0 Å². The van der Waals surface area contributed by atoms with Gasteiger partial charge in [0.15, 0.2) is 0 Å². The van der Waals surface area contributed by atoms with E-state index in [1.54, 1.807) is 6.20 Å². The van der Waals surface area contributed by atoms with Crippen LogP contribution in [-0.2, 0) is 13.6 Å². The molecule has 2 heterocycles. The molecule has 0 fully saturated rings. The van der Waals surface area contributed by atoms with Gasteiger partial charge in [0.05, 0.1) is 16.7 Å². The quantitative estimate of drug-likeness (QED) is 0.536. The number of nitrogens with zero attached hydrogens (tertiary/aromatic N) is 3. The second kappa shape index (κ2) is 7.13. The first-order valence-corrected chi connectivity index (χ1v) is 8.75. The monoisotopic (exact) mass is 357 g/mol. The molecule has 0 aliphatic heterocycles. The summed E-state index contributed by atoms with van der Waals surface area (Å²) in [7, 11) is 4.06. The molecule has 0 aliphatic rings. The van der Waals surface area contributed by atoms with Crippen molar-refractivity contribution >= 4 is 36.0 Å². The van der Waals surface area contributed by atoms with Crippen molar-refractivity contribution in [3.05, 3.63) is 66.5 Å². The van der Waals surface area contributed by atoms with Crippen LogP contribution < -0.4 is 21.3 Å². The molecule has 0 bridgehead atoms. The van der Waals surface area contributed by atoms with Crippen LogP contribution in [0.4, 0.5) is 11.6 Å². The lowest BCUT2D eigenvalue weighted by atomic mass is 9.96. The molecule has 0 radical (unpaired) electrons. The molecule has 0 amide bonds. The van der Waals surface area contributed by atoms with E-state index in [4.69, 9.17) is 15.5 Å².